The summed E-state index contributed by atoms with van der Waals surface area (Å²) in [5.41, 5.74) is 2.25. The molecule has 0 saturated carbocycles. The summed E-state index contributed by atoms with van der Waals surface area (Å²) in [4.78, 5) is 15.7. The number of carbonyl (C=O) groups is 1. The lowest BCUT2D eigenvalue weighted by Crippen LogP contribution is -1.99. The van der Waals surface area contributed by atoms with Crippen LogP contribution in [0.25, 0.3) is 10.6 Å². The molecule has 0 radical (unpaired) electrons. The van der Waals surface area contributed by atoms with E-state index in [1.54, 1.807) is 10.9 Å². The summed E-state index contributed by atoms with van der Waals surface area (Å²) >= 11 is 1.14. The third kappa shape index (κ3) is 2.14. The van der Waals surface area contributed by atoms with Gasteiger partial charge in [0, 0.05) is 19.9 Å². The first-order valence-electron chi connectivity index (χ1n) is 5.25. The largest absolute Gasteiger partial charge is 0.477 e. The Morgan fingerprint density at radius 3 is 2.83 bits per heavy atom. The molecule has 0 amide bonds. The van der Waals surface area contributed by atoms with Crippen LogP contribution in [0.15, 0.2) is 6.20 Å². The fraction of sp³-hybridized carbons (Fsp3) is 0.364. The number of hydrogen-bond acceptors (Lipinski definition) is 5. The third-order valence-electron chi connectivity index (χ3n) is 2.64. The molecule has 0 aliphatic rings. The highest BCUT2D eigenvalue weighted by molar-refractivity contribution is 7.17. The highest BCUT2D eigenvalue weighted by Crippen LogP contribution is 2.30. The van der Waals surface area contributed by atoms with Gasteiger partial charge in [-0.25, -0.2) is 9.78 Å². The Kier molecular flexibility index (Phi) is 3.44. The molecule has 0 fully saturated rings. The van der Waals surface area contributed by atoms with Gasteiger partial charge in [-0.2, -0.15) is 5.10 Å². The first kappa shape index (κ1) is 12.7. The number of methoxy groups -OCH3 is 1. The third-order valence-corrected chi connectivity index (χ3v) is 3.76. The molecule has 96 valence electrons. The maximum Gasteiger partial charge on any atom is 0.347 e. The van der Waals surface area contributed by atoms with Gasteiger partial charge >= 0.3 is 5.97 Å². The van der Waals surface area contributed by atoms with Crippen LogP contribution < -0.4 is 0 Å². The van der Waals surface area contributed by atoms with Gasteiger partial charge in [0.2, 0.25) is 0 Å². The average molecular weight is 267 g/mol. The summed E-state index contributed by atoms with van der Waals surface area (Å²) in [6.45, 7) is 2.11. The van der Waals surface area contributed by atoms with Crippen molar-refractivity contribution in [3.8, 4) is 10.6 Å². The van der Waals surface area contributed by atoms with Gasteiger partial charge in [0.15, 0.2) is 0 Å². The molecule has 0 aromatic carbocycles. The van der Waals surface area contributed by atoms with Gasteiger partial charge in [0.05, 0.1) is 24.1 Å². The summed E-state index contributed by atoms with van der Waals surface area (Å²) in [6.07, 6.45) is 1.69. The van der Waals surface area contributed by atoms with Crippen LogP contribution in [0.2, 0.25) is 0 Å². The molecular formula is C11H13N3O3S. The van der Waals surface area contributed by atoms with Crippen LogP contribution in [0.3, 0.4) is 0 Å². The summed E-state index contributed by atoms with van der Waals surface area (Å²) in [6, 6.07) is 0. The lowest BCUT2D eigenvalue weighted by Gasteiger charge is -1.96. The number of thiazole rings is 1. The number of ether oxygens (including phenoxy) is 1. The number of rotatable bonds is 4. The number of nitrogens with zero attached hydrogens (tertiary/aromatic N) is 3. The van der Waals surface area contributed by atoms with E-state index in [1.165, 1.54) is 7.11 Å². The quantitative estimate of drug-likeness (QED) is 0.912. The van der Waals surface area contributed by atoms with Crippen molar-refractivity contribution in [2.75, 3.05) is 7.11 Å². The number of carboxylic acid groups (broad SMARTS) is 1. The lowest BCUT2D eigenvalue weighted by atomic mass is 10.3. The molecule has 0 bridgehead atoms. The maximum absolute atomic E-state index is 11.1. The molecule has 0 saturated heterocycles. The second-order valence-electron chi connectivity index (χ2n) is 3.80. The predicted molar refractivity (Wildman–Crippen MR) is 66.7 cm³/mol. The van der Waals surface area contributed by atoms with E-state index in [0.29, 0.717) is 10.7 Å². The Morgan fingerprint density at radius 2 is 2.33 bits per heavy atom. The van der Waals surface area contributed by atoms with Gasteiger partial charge < -0.3 is 9.84 Å². The predicted octanol–water partition coefficient (Wildman–Crippen LogP) is 1.70. The van der Waals surface area contributed by atoms with Crippen LogP contribution in [0.5, 0.6) is 0 Å². The minimum absolute atomic E-state index is 0.192. The maximum atomic E-state index is 11.1. The van der Waals surface area contributed by atoms with Crippen LogP contribution in [-0.4, -0.2) is 33.0 Å². The molecule has 0 aliphatic heterocycles. The van der Waals surface area contributed by atoms with Crippen molar-refractivity contribution >= 4 is 17.3 Å². The lowest BCUT2D eigenvalue weighted by molar-refractivity contribution is 0.0697. The van der Waals surface area contributed by atoms with E-state index in [-0.39, 0.29) is 11.5 Å². The van der Waals surface area contributed by atoms with E-state index in [2.05, 4.69) is 10.1 Å². The summed E-state index contributed by atoms with van der Waals surface area (Å²) in [5, 5.41) is 13.9. The van der Waals surface area contributed by atoms with Crippen LogP contribution in [0.4, 0.5) is 0 Å². The van der Waals surface area contributed by atoms with E-state index in [0.717, 1.165) is 22.6 Å². The minimum Gasteiger partial charge on any atom is -0.477 e. The Morgan fingerprint density at radius 1 is 1.61 bits per heavy atom. The molecule has 0 aliphatic carbocycles. The van der Waals surface area contributed by atoms with Crippen molar-refractivity contribution in [3.63, 3.8) is 0 Å². The molecule has 2 heterocycles. The zero-order chi connectivity index (χ0) is 13.3. The fourth-order valence-corrected chi connectivity index (χ4v) is 2.55. The van der Waals surface area contributed by atoms with Crippen molar-refractivity contribution < 1.29 is 14.6 Å². The van der Waals surface area contributed by atoms with Crippen LogP contribution in [0.1, 0.15) is 21.1 Å². The van der Waals surface area contributed by atoms with E-state index in [9.17, 15) is 4.79 Å². The zero-order valence-electron chi connectivity index (χ0n) is 10.3. The van der Waals surface area contributed by atoms with Gasteiger partial charge in [-0.3, -0.25) is 4.68 Å². The molecule has 0 atom stereocenters. The molecule has 2 aromatic heterocycles. The highest BCUT2D eigenvalue weighted by atomic mass is 32.1. The van der Waals surface area contributed by atoms with E-state index < -0.39 is 5.97 Å². The second-order valence-corrected chi connectivity index (χ2v) is 4.80. The van der Waals surface area contributed by atoms with Crippen LogP contribution in [-0.2, 0) is 18.4 Å². The SMILES string of the molecule is COCc1nc(-c2cnn(C)c2C)sc1C(=O)O. The summed E-state index contributed by atoms with van der Waals surface area (Å²) in [5.74, 6) is -0.979. The van der Waals surface area contributed by atoms with E-state index in [4.69, 9.17) is 9.84 Å². The number of hydrogen-bond donors (Lipinski definition) is 1. The van der Waals surface area contributed by atoms with Crippen molar-refractivity contribution in [2.24, 2.45) is 7.05 Å². The van der Waals surface area contributed by atoms with Crippen molar-refractivity contribution in [1.82, 2.24) is 14.8 Å². The smallest absolute Gasteiger partial charge is 0.347 e. The number of aryl methyl sites for hydroxylation is 1. The Balaban J connectivity index is 2.49. The normalized spacial score (nSPS) is 10.8. The zero-order valence-corrected chi connectivity index (χ0v) is 11.1. The van der Waals surface area contributed by atoms with Crippen LogP contribution in [0, 0.1) is 6.92 Å². The molecule has 0 unspecified atom stereocenters. The number of aromatic carboxylic acids is 1. The Bertz CT molecular complexity index is 588. The van der Waals surface area contributed by atoms with Gasteiger partial charge in [-0.05, 0) is 6.92 Å². The molecule has 0 spiro atoms. The minimum atomic E-state index is -0.979. The summed E-state index contributed by atoms with van der Waals surface area (Å²) < 4.78 is 6.69. The Hall–Kier alpha value is -1.73. The van der Waals surface area contributed by atoms with Gasteiger partial charge in [0.1, 0.15) is 9.88 Å². The molecule has 1 N–H and O–H groups in total. The number of carboxylic acids is 1. The van der Waals surface area contributed by atoms with Crippen LogP contribution >= 0.6 is 11.3 Å². The number of aromatic nitrogens is 3. The summed E-state index contributed by atoms with van der Waals surface area (Å²) in [7, 11) is 3.35. The standard InChI is InChI=1S/C11H13N3O3S/c1-6-7(4-12-14(6)2)10-13-8(5-17-3)9(18-10)11(15)16/h4H,5H2,1-3H3,(H,15,16). The molecule has 18 heavy (non-hydrogen) atoms. The molecule has 2 aromatic rings. The molecule has 2 rings (SSSR count). The Labute approximate surface area is 108 Å². The first-order chi connectivity index (χ1) is 8.54. The van der Waals surface area contributed by atoms with Gasteiger partial charge in [0.25, 0.3) is 0 Å². The first-order valence-corrected chi connectivity index (χ1v) is 6.07. The van der Waals surface area contributed by atoms with Crippen molar-refractivity contribution in [2.45, 2.75) is 13.5 Å². The monoisotopic (exact) mass is 267 g/mol. The highest BCUT2D eigenvalue weighted by Gasteiger charge is 2.19. The van der Waals surface area contributed by atoms with Crippen molar-refractivity contribution in [3.05, 3.63) is 22.5 Å². The van der Waals surface area contributed by atoms with Gasteiger partial charge in [-0.1, -0.05) is 0 Å². The second kappa shape index (κ2) is 4.87. The molecule has 6 nitrogen and oxygen atoms in total. The van der Waals surface area contributed by atoms with E-state index in [1.807, 2.05) is 14.0 Å². The van der Waals surface area contributed by atoms with Gasteiger partial charge in [-0.15, -0.1) is 11.3 Å². The van der Waals surface area contributed by atoms with Crippen molar-refractivity contribution in [1.29, 1.82) is 0 Å². The average Bonchev–Trinajstić information content (AvgIpc) is 2.86. The topological polar surface area (TPSA) is 77.2 Å². The molecule has 7 heteroatoms. The van der Waals surface area contributed by atoms with E-state index >= 15 is 0 Å². The molecular weight excluding hydrogens is 254 g/mol. The fourth-order valence-electron chi connectivity index (χ4n) is 1.58.